The van der Waals surface area contributed by atoms with E-state index in [2.05, 4.69) is 10.3 Å². The van der Waals surface area contributed by atoms with E-state index < -0.39 is 30.3 Å². The van der Waals surface area contributed by atoms with Gasteiger partial charge in [0.25, 0.3) is 5.91 Å². The molecule has 0 radical (unpaired) electrons. The van der Waals surface area contributed by atoms with E-state index in [0.717, 1.165) is 0 Å². The second kappa shape index (κ2) is 11.2. The van der Waals surface area contributed by atoms with Crippen molar-refractivity contribution < 1.29 is 83.7 Å². The number of amides is 1. The average Bonchev–Trinajstić information content (AvgIpc) is 2.34. The monoisotopic (exact) mass is 296 g/mol. The molecule has 9 heteroatoms. The van der Waals surface area contributed by atoms with Crippen LogP contribution in [0.1, 0.15) is 23.2 Å². The predicted octanol–water partition coefficient (Wildman–Crippen LogP) is -8.53. The molecule has 1 aromatic heterocycles. The fourth-order valence-corrected chi connectivity index (χ4v) is 1.25. The smallest absolute Gasteiger partial charge is 0.550 e. The number of aromatic nitrogens is 1. The van der Waals surface area contributed by atoms with Gasteiger partial charge in [-0.2, -0.15) is 0 Å². The summed E-state index contributed by atoms with van der Waals surface area (Å²) in [6.07, 6.45) is 1.95. The van der Waals surface area contributed by atoms with Gasteiger partial charge in [0.05, 0.1) is 17.6 Å². The molecule has 96 valence electrons. The Morgan fingerprint density at radius 1 is 1.25 bits per heavy atom. The number of rotatable bonds is 6. The number of hydrogen-bond acceptors (Lipinski definition) is 6. The first-order valence-corrected chi connectivity index (χ1v) is 5.12. The number of carbonyl (C=O) groups excluding carboxylic acids is 3. The van der Waals surface area contributed by atoms with Crippen molar-refractivity contribution in [3.8, 4) is 0 Å². The molecule has 7 nitrogen and oxygen atoms in total. The van der Waals surface area contributed by atoms with Crippen LogP contribution in [-0.2, 0) is 9.59 Å². The van der Waals surface area contributed by atoms with Crippen molar-refractivity contribution in [2.45, 2.75) is 18.9 Å². The van der Waals surface area contributed by atoms with E-state index in [1.807, 2.05) is 0 Å². The van der Waals surface area contributed by atoms with Crippen molar-refractivity contribution >= 4 is 17.8 Å². The standard InChI is InChI=1S/C11H12N2O5.2Na/c14-9(15)4-3-8(11(17)18)13-10(16)7-2-1-5-12-6-7;;/h1-2,5-6,8H,3-4H2,(H,13,16)(H,14,15)(H,17,18);;/q;2*+1/p-2. The molecular weight excluding hydrogens is 286 g/mol. The quantitative estimate of drug-likeness (QED) is 0.520. The summed E-state index contributed by atoms with van der Waals surface area (Å²) >= 11 is 0. The number of nitrogens with one attached hydrogen (secondary N) is 1. The van der Waals surface area contributed by atoms with E-state index in [1.165, 1.54) is 24.5 Å². The van der Waals surface area contributed by atoms with Crippen molar-refractivity contribution in [1.29, 1.82) is 0 Å². The summed E-state index contributed by atoms with van der Waals surface area (Å²) < 4.78 is 0. The first-order chi connectivity index (χ1) is 8.50. The third-order valence-electron chi connectivity index (χ3n) is 2.15. The van der Waals surface area contributed by atoms with Crippen LogP contribution in [0.3, 0.4) is 0 Å². The molecule has 0 aliphatic heterocycles. The molecule has 1 atom stereocenters. The molecule has 0 spiro atoms. The second-order valence-electron chi connectivity index (χ2n) is 3.50. The Morgan fingerprint density at radius 3 is 2.35 bits per heavy atom. The van der Waals surface area contributed by atoms with Gasteiger partial charge in [0.2, 0.25) is 0 Å². The predicted molar refractivity (Wildman–Crippen MR) is 54.7 cm³/mol. The van der Waals surface area contributed by atoms with Gasteiger partial charge in [-0.3, -0.25) is 9.78 Å². The number of carbonyl (C=O) groups is 3. The van der Waals surface area contributed by atoms with Crippen molar-refractivity contribution in [2.24, 2.45) is 0 Å². The van der Waals surface area contributed by atoms with Gasteiger partial charge in [0.15, 0.2) is 0 Å². The number of pyridine rings is 1. The van der Waals surface area contributed by atoms with Crippen molar-refractivity contribution in [3.05, 3.63) is 30.1 Å². The summed E-state index contributed by atoms with van der Waals surface area (Å²) in [5, 5.41) is 23.1. The molecule has 1 N–H and O–H groups in total. The molecule has 0 aromatic carbocycles. The summed E-state index contributed by atoms with van der Waals surface area (Å²) in [5.41, 5.74) is 0.178. The van der Waals surface area contributed by atoms with Crippen LogP contribution in [0, 0.1) is 0 Å². The second-order valence-corrected chi connectivity index (χ2v) is 3.50. The Balaban J connectivity index is 0. The van der Waals surface area contributed by atoms with Crippen LogP contribution in [0.25, 0.3) is 0 Å². The maximum atomic E-state index is 11.6. The van der Waals surface area contributed by atoms with Crippen LogP contribution in [-0.4, -0.2) is 28.9 Å². The maximum absolute atomic E-state index is 11.6. The van der Waals surface area contributed by atoms with E-state index in [1.54, 1.807) is 0 Å². The molecule has 1 heterocycles. The van der Waals surface area contributed by atoms with Gasteiger partial charge in [-0.15, -0.1) is 0 Å². The Hall–Kier alpha value is -0.440. The first-order valence-electron chi connectivity index (χ1n) is 5.12. The Morgan fingerprint density at radius 2 is 1.90 bits per heavy atom. The third-order valence-corrected chi connectivity index (χ3v) is 2.15. The van der Waals surface area contributed by atoms with Crippen molar-refractivity contribution in [3.63, 3.8) is 0 Å². The fourth-order valence-electron chi connectivity index (χ4n) is 1.25. The molecule has 1 amide bonds. The topological polar surface area (TPSA) is 122 Å². The van der Waals surface area contributed by atoms with Crippen LogP contribution in [0.4, 0.5) is 0 Å². The van der Waals surface area contributed by atoms with Crippen LogP contribution in [0.2, 0.25) is 0 Å². The Bertz CT molecular complexity index is 455. The zero-order valence-electron chi connectivity index (χ0n) is 11.3. The zero-order valence-corrected chi connectivity index (χ0v) is 15.3. The summed E-state index contributed by atoms with van der Waals surface area (Å²) in [7, 11) is 0. The van der Waals surface area contributed by atoms with Crippen LogP contribution in [0.15, 0.2) is 24.5 Å². The van der Waals surface area contributed by atoms with Crippen LogP contribution in [0.5, 0.6) is 0 Å². The van der Waals surface area contributed by atoms with Crippen LogP contribution < -0.4 is 74.6 Å². The molecule has 0 saturated carbocycles. The van der Waals surface area contributed by atoms with E-state index in [-0.39, 0.29) is 71.1 Å². The third kappa shape index (κ3) is 7.98. The summed E-state index contributed by atoms with van der Waals surface area (Å²) in [6.45, 7) is 0. The fraction of sp³-hybridized carbons (Fsp3) is 0.273. The maximum Gasteiger partial charge on any atom is 1.00 e. The number of carboxylic acid groups (broad SMARTS) is 2. The normalized spacial score (nSPS) is 10.4. The van der Waals surface area contributed by atoms with Gasteiger partial charge < -0.3 is 25.1 Å². The molecule has 20 heavy (non-hydrogen) atoms. The van der Waals surface area contributed by atoms with E-state index >= 15 is 0 Å². The van der Waals surface area contributed by atoms with Crippen molar-refractivity contribution in [2.75, 3.05) is 0 Å². The minimum absolute atomic E-state index is 0. The molecule has 0 fully saturated rings. The van der Waals surface area contributed by atoms with Crippen molar-refractivity contribution in [1.82, 2.24) is 10.3 Å². The van der Waals surface area contributed by atoms with Gasteiger partial charge in [-0.05, 0) is 25.0 Å². The number of hydrogen-bond donors (Lipinski definition) is 1. The summed E-state index contributed by atoms with van der Waals surface area (Å²) in [4.78, 5) is 36.3. The van der Waals surface area contributed by atoms with Gasteiger partial charge in [-0.25, -0.2) is 0 Å². The first kappa shape index (κ1) is 21.9. The average molecular weight is 296 g/mol. The molecular formula is C11H10N2Na2O5. The van der Waals surface area contributed by atoms with Gasteiger partial charge in [0, 0.05) is 18.4 Å². The van der Waals surface area contributed by atoms with Gasteiger partial charge >= 0.3 is 59.1 Å². The van der Waals surface area contributed by atoms with E-state index in [9.17, 15) is 24.6 Å². The number of nitrogens with zero attached hydrogens (tertiary/aromatic N) is 1. The summed E-state index contributed by atoms with van der Waals surface area (Å²) in [5.74, 6) is -3.60. The minimum Gasteiger partial charge on any atom is -0.550 e. The summed E-state index contributed by atoms with van der Waals surface area (Å²) in [6, 6.07) is 1.59. The molecule has 0 saturated heterocycles. The zero-order chi connectivity index (χ0) is 13.5. The van der Waals surface area contributed by atoms with Gasteiger partial charge in [0.1, 0.15) is 0 Å². The largest absolute Gasteiger partial charge is 1.00 e. The Labute approximate surface area is 159 Å². The molecule has 1 aromatic rings. The van der Waals surface area contributed by atoms with Crippen LogP contribution >= 0.6 is 0 Å². The molecule has 0 aliphatic carbocycles. The van der Waals surface area contributed by atoms with Gasteiger partial charge in [-0.1, -0.05) is 0 Å². The Kier molecular flexibility index (Phi) is 12.3. The SMILES string of the molecule is O=C([O-])CCC(NC(=O)c1cccnc1)C(=O)[O-].[Na+].[Na+]. The number of aliphatic carboxylic acids is 2. The molecule has 1 rings (SSSR count). The molecule has 1 unspecified atom stereocenters. The molecule has 0 bridgehead atoms. The molecule has 0 aliphatic rings. The van der Waals surface area contributed by atoms with E-state index in [4.69, 9.17) is 0 Å². The minimum atomic E-state index is -1.55. The van der Waals surface area contributed by atoms with E-state index in [0.29, 0.717) is 0 Å². The number of carboxylic acids is 2.